The molecule has 6 aromatic rings. The number of carbonyl (C=O) groups is 9. The number of carbonyl (C=O) groups excluding carboxylic acids is 7. The summed E-state index contributed by atoms with van der Waals surface area (Å²) in [5.41, 5.74) is 14.4. The minimum atomic E-state index is -1.83. The maximum absolute atomic E-state index is 14.7. The van der Waals surface area contributed by atoms with Crippen LogP contribution in [0, 0.1) is 0 Å². The molecule has 4 aromatic carbocycles. The zero-order valence-electron chi connectivity index (χ0n) is 43.6. The largest absolute Gasteiger partial charge is 0.481 e. The normalized spacial score (nSPS) is 15.8. The summed E-state index contributed by atoms with van der Waals surface area (Å²) in [7, 11) is 0. The fraction of sp³-hybridized carbons (Fsp3) is 0.328. The molecule has 0 spiro atoms. The lowest BCUT2D eigenvalue weighted by atomic mass is 9.97. The molecule has 80 heavy (non-hydrogen) atoms. The van der Waals surface area contributed by atoms with Crippen LogP contribution in [-0.4, -0.2) is 128 Å². The second-order valence-corrected chi connectivity index (χ2v) is 19.6. The van der Waals surface area contributed by atoms with Crippen LogP contribution in [0.25, 0.3) is 21.5 Å². The van der Waals surface area contributed by atoms with Crippen molar-refractivity contribution in [2.24, 2.45) is 11.5 Å². The summed E-state index contributed by atoms with van der Waals surface area (Å²) in [4.78, 5) is 131. The van der Waals surface area contributed by atoms with Gasteiger partial charge in [0.2, 0.25) is 41.4 Å². The zero-order valence-corrected chi connectivity index (χ0v) is 43.6. The van der Waals surface area contributed by atoms with Crippen LogP contribution < -0.4 is 43.4 Å². The van der Waals surface area contributed by atoms with Crippen LogP contribution >= 0.6 is 0 Å². The average Bonchev–Trinajstić information content (AvgIpc) is 3.47. The number of carboxylic acids is 2. The second kappa shape index (κ2) is 28.5. The lowest BCUT2D eigenvalue weighted by Gasteiger charge is -2.33. The number of nitrogens with zero attached hydrogens (tertiary/aromatic N) is 2. The van der Waals surface area contributed by atoms with Gasteiger partial charge in [-0.2, -0.15) is 0 Å². The lowest BCUT2D eigenvalue weighted by Crippen LogP contribution is -2.62. The highest BCUT2D eigenvalue weighted by molar-refractivity contribution is 5.99. The van der Waals surface area contributed by atoms with Crippen LogP contribution in [0.5, 0.6) is 0 Å². The summed E-state index contributed by atoms with van der Waals surface area (Å²) in [6.45, 7) is 0.208. The van der Waals surface area contributed by atoms with Crippen LogP contribution in [0.15, 0.2) is 134 Å². The van der Waals surface area contributed by atoms with Crippen molar-refractivity contribution in [1.82, 2.24) is 41.9 Å². The van der Waals surface area contributed by atoms with E-state index >= 15 is 0 Å². The summed E-state index contributed by atoms with van der Waals surface area (Å²) >= 11 is 0. The number of aromatic nitrogens is 2. The fourth-order valence-electron chi connectivity index (χ4n) is 9.36. The summed E-state index contributed by atoms with van der Waals surface area (Å²) < 4.78 is 6.02. The molecule has 0 saturated carbocycles. The van der Waals surface area contributed by atoms with Gasteiger partial charge in [0.25, 0.3) is 0 Å². The summed E-state index contributed by atoms with van der Waals surface area (Å²) in [5, 5.41) is 38.9. The highest BCUT2D eigenvalue weighted by atomic mass is 16.5. The molecule has 1 aliphatic heterocycles. The summed E-state index contributed by atoms with van der Waals surface area (Å²) in [5.74, 6) is -9.48. The van der Waals surface area contributed by atoms with Crippen LogP contribution in [0.4, 0.5) is 0 Å². The maximum Gasteiger partial charge on any atom is 0.326 e. The Bertz CT molecular complexity index is 3180. The van der Waals surface area contributed by atoms with Crippen LogP contribution in [0.1, 0.15) is 60.8 Å². The number of amides is 7. The summed E-state index contributed by atoms with van der Waals surface area (Å²) in [6, 6.07) is 22.4. The number of nitrogens with two attached hydrogens (primary N) is 2. The molecule has 7 rings (SSSR count). The van der Waals surface area contributed by atoms with Gasteiger partial charge in [-0.1, -0.05) is 97.1 Å². The van der Waals surface area contributed by atoms with Gasteiger partial charge in [-0.25, -0.2) is 4.79 Å². The summed E-state index contributed by atoms with van der Waals surface area (Å²) in [6.07, 6.45) is 3.92. The number of carboxylic acid groups (broad SMARTS) is 2. The van der Waals surface area contributed by atoms with Crippen molar-refractivity contribution in [2.45, 2.75) is 113 Å². The molecule has 1 saturated heterocycles. The van der Waals surface area contributed by atoms with Gasteiger partial charge < -0.3 is 58.3 Å². The van der Waals surface area contributed by atoms with Crippen molar-refractivity contribution in [1.29, 1.82) is 0 Å². The predicted molar refractivity (Wildman–Crippen MR) is 293 cm³/mol. The highest BCUT2D eigenvalue weighted by Crippen LogP contribution is 2.21. The Morgan fingerprint density at radius 1 is 0.525 bits per heavy atom. The number of benzene rings is 4. The number of ether oxygens (including phenoxy) is 1. The molecule has 2 aromatic heterocycles. The molecule has 418 valence electrons. The Morgan fingerprint density at radius 2 is 1.01 bits per heavy atom. The zero-order chi connectivity index (χ0) is 57.1. The van der Waals surface area contributed by atoms with Gasteiger partial charge in [0.05, 0.1) is 18.6 Å². The van der Waals surface area contributed by atoms with Gasteiger partial charge in [-0.15, -0.1) is 0 Å². The van der Waals surface area contributed by atoms with Gasteiger partial charge >= 0.3 is 11.9 Å². The number of fused-ring (bicyclic) bond motifs is 2. The van der Waals surface area contributed by atoms with Crippen LogP contribution in [0.2, 0.25) is 0 Å². The van der Waals surface area contributed by atoms with E-state index in [2.05, 4.69) is 41.9 Å². The van der Waals surface area contributed by atoms with Crippen molar-refractivity contribution in [2.75, 3.05) is 6.61 Å². The number of primary amides is 1. The van der Waals surface area contributed by atoms with Crippen LogP contribution in [-0.2, 0) is 73.6 Å². The molecule has 1 fully saturated rings. The van der Waals surface area contributed by atoms with E-state index in [1.807, 2.05) is 84.9 Å². The first-order valence-corrected chi connectivity index (χ1v) is 26.1. The molecule has 22 nitrogen and oxygen atoms in total. The monoisotopic (exact) mass is 1090 g/mol. The molecule has 3 heterocycles. The quantitative estimate of drug-likeness (QED) is 0.0351. The molecule has 12 N–H and O–H groups in total. The van der Waals surface area contributed by atoms with Gasteiger partial charge in [0.1, 0.15) is 36.3 Å². The number of pyridine rings is 2. The van der Waals surface area contributed by atoms with E-state index in [1.54, 1.807) is 24.3 Å². The van der Waals surface area contributed by atoms with Crippen molar-refractivity contribution < 1.29 is 58.1 Å². The maximum atomic E-state index is 14.7. The van der Waals surface area contributed by atoms with E-state index < -0.39 is 121 Å². The lowest BCUT2D eigenvalue weighted by molar-refractivity contribution is -0.142. The first kappa shape index (κ1) is 58.5. The SMILES string of the molecule is NC(=O)C[C@H](NC(=O)[C@H](CCC(=O)O)NC(=O)C(NC(=O)[C@H](Cc1ccc2ccccc2c1)NC(=O)[C@@H](N)Cc1ccc2ccccc2c1)C1CCCCO1)C(=O)N[C@@H](Cc1cccnc1)C(=O)N[C@@H](Cc1cccnc1)C(=O)O. The smallest absolute Gasteiger partial charge is 0.326 e. The Kier molecular flexibility index (Phi) is 20.8. The molecule has 8 atom stereocenters. The molecule has 7 amide bonds. The number of hydrogen-bond acceptors (Lipinski definition) is 13. The molecule has 1 aliphatic rings. The van der Waals surface area contributed by atoms with Gasteiger partial charge in [-0.3, -0.25) is 48.3 Å². The third-order valence-electron chi connectivity index (χ3n) is 13.6. The number of aliphatic carboxylic acids is 2. The van der Waals surface area contributed by atoms with E-state index in [0.717, 1.165) is 27.1 Å². The van der Waals surface area contributed by atoms with E-state index in [0.29, 0.717) is 29.5 Å². The van der Waals surface area contributed by atoms with E-state index in [-0.39, 0.29) is 38.7 Å². The number of rotatable bonds is 27. The Morgan fingerprint density at radius 3 is 1.55 bits per heavy atom. The number of hydrogen-bond donors (Lipinski definition) is 10. The van der Waals surface area contributed by atoms with Gasteiger partial charge in [-0.05, 0) is 88.0 Å². The topological polar surface area (TPSA) is 353 Å². The van der Waals surface area contributed by atoms with E-state index in [4.69, 9.17) is 16.2 Å². The second-order valence-electron chi connectivity index (χ2n) is 19.6. The van der Waals surface area contributed by atoms with Crippen molar-refractivity contribution >= 4 is 74.8 Å². The Labute approximate surface area is 460 Å². The Hall–Kier alpha value is -9.15. The third kappa shape index (κ3) is 17.2. The van der Waals surface area contributed by atoms with Gasteiger partial charge in [0.15, 0.2) is 0 Å². The molecule has 0 aliphatic carbocycles. The molecule has 22 heteroatoms. The predicted octanol–water partition coefficient (Wildman–Crippen LogP) is 1.68. The average molecular weight is 1090 g/mol. The molecule has 0 radical (unpaired) electrons. The Balaban J connectivity index is 1.11. The minimum absolute atomic E-state index is 0.0474. The molecular weight excluding hydrogens is 1030 g/mol. The minimum Gasteiger partial charge on any atom is -0.481 e. The first-order chi connectivity index (χ1) is 38.5. The molecule has 0 bridgehead atoms. The van der Waals surface area contributed by atoms with Crippen molar-refractivity contribution in [3.05, 3.63) is 156 Å². The number of nitrogens with one attached hydrogen (secondary N) is 6. The molecule has 2 unspecified atom stereocenters. The highest BCUT2D eigenvalue weighted by Gasteiger charge is 2.38. The first-order valence-electron chi connectivity index (χ1n) is 26.1. The third-order valence-corrected chi connectivity index (χ3v) is 13.6. The van der Waals surface area contributed by atoms with Crippen LogP contribution in [0.3, 0.4) is 0 Å². The molecular formula is C58H64N10O12. The van der Waals surface area contributed by atoms with E-state index in [1.165, 1.54) is 24.8 Å². The van der Waals surface area contributed by atoms with Crippen molar-refractivity contribution in [3.8, 4) is 0 Å². The fourth-order valence-corrected chi connectivity index (χ4v) is 9.36. The van der Waals surface area contributed by atoms with Crippen molar-refractivity contribution in [3.63, 3.8) is 0 Å². The van der Waals surface area contributed by atoms with E-state index in [9.17, 15) is 53.4 Å². The standard InChI is InChI=1S/C58H64N10O12/c59-42(27-34-16-18-38-11-1-3-13-40(38)25-34)52(72)64-44(28-35-17-19-39-12-2-4-14-41(39)26-35)56(76)68-51(48-15-5-6-24-80-48)57(77)63-43(20-21-50(70)71)53(73)66-46(31-49(60)69)55(75)65-45(29-36-9-7-22-61-32-36)54(74)67-47(58(78)79)30-37-10-8-23-62-33-37/h1-4,7-14,16-19,22-23,25-26,32-33,42-48,51H,5-6,15,20-21,24,27-31,59H2,(H2,60,69)(H,63,77)(H,64,72)(H,65,75)(H,66,73)(H,67,74)(H,68,76)(H,70,71)(H,78,79)/t42-,43-,44-,45-,46-,47-,48?,51?/m0/s1. The van der Waals surface area contributed by atoms with Gasteiger partial charge in [0, 0.05) is 57.1 Å².